The number of hydrogen-bond acceptors (Lipinski definition) is 10. The molecular formula is C21H18N6O3S3. The van der Waals surface area contributed by atoms with Gasteiger partial charge in [-0.3, -0.25) is 24.3 Å². The van der Waals surface area contributed by atoms with Gasteiger partial charge >= 0.3 is 0 Å². The molecule has 3 heterocycles. The third kappa shape index (κ3) is 6.40. The summed E-state index contributed by atoms with van der Waals surface area (Å²) in [6.45, 7) is 0.282. The van der Waals surface area contributed by atoms with Gasteiger partial charge < -0.3 is 10.6 Å². The number of rotatable bonds is 9. The van der Waals surface area contributed by atoms with Crippen LogP contribution in [-0.2, 0) is 9.59 Å². The summed E-state index contributed by atoms with van der Waals surface area (Å²) in [6.07, 6.45) is 4.89. The molecule has 1 saturated heterocycles. The topological polar surface area (TPSA) is 117 Å². The van der Waals surface area contributed by atoms with Crippen LogP contribution in [0.1, 0.15) is 5.56 Å². The highest BCUT2D eigenvalue weighted by molar-refractivity contribution is 8.18. The van der Waals surface area contributed by atoms with Gasteiger partial charge in [0.05, 0.1) is 10.7 Å². The van der Waals surface area contributed by atoms with E-state index in [9.17, 15) is 14.4 Å². The van der Waals surface area contributed by atoms with Crippen molar-refractivity contribution in [2.24, 2.45) is 0 Å². The standard InChI is InChI=1S/C21H18N6O3S3/c28-17(13-31-20-26-25-19(33-20)24-15-6-2-1-3-7-15)23-9-10-27-18(29)16(32-21(27)30)11-14-5-4-8-22-12-14/h1-8,11-12H,9-10,13H2,(H,23,28)(H,24,25). The highest BCUT2D eigenvalue weighted by atomic mass is 32.2. The van der Waals surface area contributed by atoms with Crippen LogP contribution in [0.25, 0.3) is 6.08 Å². The number of nitrogens with zero attached hydrogens (tertiary/aromatic N) is 4. The van der Waals surface area contributed by atoms with Crippen LogP contribution in [0.2, 0.25) is 0 Å². The summed E-state index contributed by atoms with van der Waals surface area (Å²) in [6, 6.07) is 13.2. The molecule has 3 aromatic rings. The maximum Gasteiger partial charge on any atom is 0.293 e. The molecule has 0 spiro atoms. The number of imide groups is 1. The van der Waals surface area contributed by atoms with Crippen LogP contribution < -0.4 is 10.6 Å². The molecular weight excluding hydrogens is 480 g/mol. The predicted molar refractivity (Wildman–Crippen MR) is 130 cm³/mol. The summed E-state index contributed by atoms with van der Waals surface area (Å²) >= 11 is 3.51. The highest BCUT2D eigenvalue weighted by Gasteiger charge is 2.34. The molecule has 12 heteroatoms. The molecule has 0 radical (unpaired) electrons. The first-order valence-corrected chi connectivity index (χ1v) is 12.4. The minimum absolute atomic E-state index is 0.107. The van der Waals surface area contributed by atoms with Gasteiger partial charge in [-0.25, -0.2) is 0 Å². The number of carbonyl (C=O) groups excluding carboxylic acids is 3. The van der Waals surface area contributed by atoms with E-state index in [0.29, 0.717) is 14.4 Å². The average molecular weight is 499 g/mol. The van der Waals surface area contributed by atoms with Crippen molar-refractivity contribution in [3.8, 4) is 0 Å². The van der Waals surface area contributed by atoms with Crippen molar-refractivity contribution >= 4 is 68.8 Å². The van der Waals surface area contributed by atoms with E-state index in [4.69, 9.17) is 0 Å². The number of pyridine rings is 1. The predicted octanol–water partition coefficient (Wildman–Crippen LogP) is 3.62. The minimum atomic E-state index is -0.371. The Morgan fingerprint density at radius 1 is 1.12 bits per heavy atom. The van der Waals surface area contributed by atoms with Crippen molar-refractivity contribution in [1.82, 2.24) is 25.4 Å². The van der Waals surface area contributed by atoms with E-state index in [1.165, 1.54) is 23.1 Å². The number of nitrogens with one attached hydrogen (secondary N) is 2. The summed E-state index contributed by atoms with van der Waals surface area (Å²) in [4.78, 5) is 42.3. The Labute approximate surface area is 202 Å². The van der Waals surface area contributed by atoms with E-state index in [2.05, 4.69) is 25.8 Å². The van der Waals surface area contributed by atoms with Crippen LogP contribution in [0.3, 0.4) is 0 Å². The number of aromatic nitrogens is 3. The molecule has 2 N–H and O–H groups in total. The highest BCUT2D eigenvalue weighted by Crippen LogP contribution is 2.32. The SMILES string of the molecule is O=C(CSc1nnc(Nc2ccccc2)s1)NCCN1C(=O)SC(=Cc2cccnc2)C1=O. The molecule has 1 fully saturated rings. The van der Waals surface area contributed by atoms with Gasteiger partial charge in [0.1, 0.15) is 0 Å². The van der Waals surface area contributed by atoms with Gasteiger partial charge in [-0.2, -0.15) is 0 Å². The summed E-state index contributed by atoms with van der Waals surface area (Å²) in [5, 5.41) is 14.3. The van der Waals surface area contributed by atoms with Crippen LogP contribution in [-0.4, -0.2) is 56.0 Å². The number of benzene rings is 1. The van der Waals surface area contributed by atoms with Crippen molar-refractivity contribution in [1.29, 1.82) is 0 Å². The summed E-state index contributed by atoms with van der Waals surface area (Å²) in [5.41, 5.74) is 1.65. The normalized spacial score (nSPS) is 14.7. The van der Waals surface area contributed by atoms with Crippen LogP contribution in [0, 0.1) is 0 Å². The Morgan fingerprint density at radius 2 is 1.97 bits per heavy atom. The number of para-hydroxylation sites is 1. The smallest absolute Gasteiger partial charge is 0.293 e. The number of thioether (sulfide) groups is 2. The second kappa shape index (κ2) is 11.1. The zero-order valence-corrected chi connectivity index (χ0v) is 19.6. The van der Waals surface area contributed by atoms with Gasteiger partial charge in [-0.15, -0.1) is 10.2 Å². The van der Waals surface area contributed by atoms with E-state index < -0.39 is 0 Å². The monoisotopic (exact) mass is 498 g/mol. The van der Waals surface area contributed by atoms with Crippen molar-refractivity contribution in [2.75, 3.05) is 24.2 Å². The first-order valence-electron chi connectivity index (χ1n) is 9.79. The molecule has 0 bridgehead atoms. The molecule has 0 saturated carbocycles. The number of hydrogen-bond donors (Lipinski definition) is 2. The fourth-order valence-electron chi connectivity index (χ4n) is 2.75. The van der Waals surface area contributed by atoms with Gasteiger partial charge in [-0.1, -0.05) is 47.4 Å². The molecule has 2 aromatic heterocycles. The molecule has 168 valence electrons. The molecule has 9 nitrogen and oxygen atoms in total. The van der Waals surface area contributed by atoms with E-state index in [1.54, 1.807) is 30.6 Å². The van der Waals surface area contributed by atoms with Crippen molar-refractivity contribution in [3.05, 3.63) is 65.3 Å². The van der Waals surface area contributed by atoms with E-state index >= 15 is 0 Å². The van der Waals surface area contributed by atoms with Gasteiger partial charge in [-0.05, 0) is 41.6 Å². The Hall–Kier alpha value is -3.22. The lowest BCUT2D eigenvalue weighted by Gasteiger charge is -2.12. The zero-order valence-electron chi connectivity index (χ0n) is 17.1. The van der Waals surface area contributed by atoms with Crippen molar-refractivity contribution in [3.63, 3.8) is 0 Å². The summed E-state index contributed by atoms with van der Waals surface area (Å²) < 4.78 is 0.662. The lowest BCUT2D eigenvalue weighted by molar-refractivity contribution is -0.123. The molecule has 33 heavy (non-hydrogen) atoms. The second-order valence-electron chi connectivity index (χ2n) is 6.62. The maximum atomic E-state index is 12.5. The number of carbonyl (C=O) groups is 3. The Morgan fingerprint density at radius 3 is 2.76 bits per heavy atom. The molecule has 1 aromatic carbocycles. The molecule has 1 aliphatic rings. The van der Waals surface area contributed by atoms with Crippen LogP contribution >= 0.6 is 34.9 Å². The Balaban J connectivity index is 1.20. The lowest BCUT2D eigenvalue weighted by atomic mass is 10.2. The zero-order chi connectivity index (χ0) is 23.0. The fourth-order valence-corrected chi connectivity index (χ4v) is 5.22. The molecule has 0 aliphatic carbocycles. The van der Waals surface area contributed by atoms with Gasteiger partial charge in [0.15, 0.2) is 4.34 Å². The fraction of sp³-hybridized carbons (Fsp3) is 0.143. The summed E-state index contributed by atoms with van der Waals surface area (Å²) in [7, 11) is 0. The lowest BCUT2D eigenvalue weighted by Crippen LogP contribution is -2.37. The first kappa shape index (κ1) is 23.0. The average Bonchev–Trinajstić information content (AvgIpc) is 3.38. The van der Waals surface area contributed by atoms with Crippen LogP contribution in [0.4, 0.5) is 15.6 Å². The Bertz CT molecular complexity index is 1170. The van der Waals surface area contributed by atoms with E-state index in [-0.39, 0.29) is 35.9 Å². The quantitative estimate of drug-likeness (QED) is 0.337. The Kier molecular flexibility index (Phi) is 7.70. The minimum Gasteiger partial charge on any atom is -0.354 e. The van der Waals surface area contributed by atoms with E-state index in [0.717, 1.165) is 27.9 Å². The van der Waals surface area contributed by atoms with Crippen molar-refractivity contribution in [2.45, 2.75) is 4.34 Å². The van der Waals surface area contributed by atoms with Crippen molar-refractivity contribution < 1.29 is 14.4 Å². The third-order valence-corrected chi connectivity index (χ3v) is 7.15. The largest absolute Gasteiger partial charge is 0.354 e. The molecule has 0 unspecified atom stereocenters. The van der Waals surface area contributed by atoms with E-state index in [1.807, 2.05) is 30.3 Å². The van der Waals surface area contributed by atoms with Crippen LogP contribution in [0.5, 0.6) is 0 Å². The van der Waals surface area contributed by atoms with Gasteiger partial charge in [0, 0.05) is 31.2 Å². The van der Waals surface area contributed by atoms with Gasteiger partial charge in [0.25, 0.3) is 11.1 Å². The molecule has 4 rings (SSSR count). The van der Waals surface area contributed by atoms with Gasteiger partial charge in [0.2, 0.25) is 11.0 Å². The summed E-state index contributed by atoms with van der Waals surface area (Å²) in [5.74, 6) is -0.432. The first-order chi connectivity index (χ1) is 16.1. The molecule has 0 atom stereocenters. The number of anilines is 2. The second-order valence-corrected chi connectivity index (χ2v) is 9.82. The molecule has 3 amide bonds. The number of amides is 3. The third-order valence-electron chi connectivity index (χ3n) is 4.27. The maximum absolute atomic E-state index is 12.5. The van der Waals surface area contributed by atoms with Crippen LogP contribution in [0.15, 0.2) is 64.1 Å². The molecule has 1 aliphatic heterocycles.